The van der Waals surface area contributed by atoms with Crippen LogP contribution in [0.2, 0.25) is 0 Å². The zero-order valence-corrected chi connectivity index (χ0v) is 13.7. The minimum Gasteiger partial charge on any atom is -0.435 e. The molecule has 4 nitrogen and oxygen atoms in total. The zero-order chi connectivity index (χ0) is 14.1. The molecule has 6 heteroatoms. The van der Waals surface area contributed by atoms with E-state index >= 15 is 0 Å². The molecule has 0 bridgehead atoms. The molecule has 3 aromatic heterocycles. The molecule has 3 heterocycles. The second-order valence-electron chi connectivity index (χ2n) is 4.41. The number of halogens is 1. The second kappa shape index (κ2) is 5.54. The smallest absolute Gasteiger partial charge is 0.243 e. The van der Waals surface area contributed by atoms with Crippen LogP contribution in [0.4, 0.5) is 0 Å². The molecule has 0 amide bonds. The van der Waals surface area contributed by atoms with Crippen molar-refractivity contribution in [1.82, 2.24) is 14.4 Å². The monoisotopic (exact) mass is 351 g/mol. The first-order chi connectivity index (χ1) is 9.72. The van der Waals surface area contributed by atoms with Crippen LogP contribution in [0.3, 0.4) is 0 Å². The average molecular weight is 352 g/mol. The van der Waals surface area contributed by atoms with Gasteiger partial charge < -0.3 is 4.74 Å². The molecule has 3 rings (SSSR count). The molecule has 0 unspecified atom stereocenters. The lowest BCUT2D eigenvalue weighted by Gasteiger charge is -2.09. The highest BCUT2D eigenvalue weighted by Crippen LogP contribution is 2.30. The fraction of sp³-hybridized carbons (Fsp3) is 0.286. The summed E-state index contributed by atoms with van der Waals surface area (Å²) >= 11 is 5.10. The Kier molecular flexibility index (Phi) is 3.76. The third kappa shape index (κ3) is 2.33. The number of aryl methyl sites for hydroxylation is 2. The van der Waals surface area contributed by atoms with Gasteiger partial charge in [0.15, 0.2) is 10.7 Å². The average Bonchev–Trinajstić information content (AvgIpc) is 3.00. The van der Waals surface area contributed by atoms with Crippen molar-refractivity contribution in [3.63, 3.8) is 0 Å². The Hall–Kier alpha value is -1.40. The fourth-order valence-electron chi connectivity index (χ4n) is 2.06. The summed E-state index contributed by atoms with van der Waals surface area (Å²) in [4.78, 5) is 9.99. The zero-order valence-electron chi connectivity index (χ0n) is 11.3. The van der Waals surface area contributed by atoms with E-state index in [2.05, 4.69) is 32.8 Å². The largest absolute Gasteiger partial charge is 0.435 e. The van der Waals surface area contributed by atoms with Gasteiger partial charge in [0.25, 0.3) is 0 Å². The van der Waals surface area contributed by atoms with Gasteiger partial charge in [-0.05, 0) is 25.5 Å². The number of ether oxygens (including phenoxy) is 1. The number of alkyl halides is 1. The molecule has 0 aromatic carbocycles. The molecule has 0 saturated carbocycles. The van der Waals surface area contributed by atoms with Crippen molar-refractivity contribution in [3.05, 3.63) is 40.8 Å². The van der Waals surface area contributed by atoms with Crippen molar-refractivity contribution in [2.45, 2.75) is 25.6 Å². The maximum atomic E-state index is 6.00. The maximum Gasteiger partial charge on any atom is 0.243 e. The second-order valence-corrected chi connectivity index (χ2v) is 5.84. The summed E-state index contributed by atoms with van der Waals surface area (Å²) in [6, 6.07) is 3.92. The predicted molar refractivity (Wildman–Crippen MR) is 84.1 cm³/mol. The Balaban J connectivity index is 2.02. The summed E-state index contributed by atoms with van der Waals surface area (Å²) in [5.74, 6) is 1.43. The Morgan fingerprint density at radius 3 is 2.95 bits per heavy atom. The van der Waals surface area contributed by atoms with Gasteiger partial charge >= 0.3 is 0 Å². The van der Waals surface area contributed by atoms with Crippen LogP contribution < -0.4 is 4.74 Å². The Morgan fingerprint density at radius 1 is 1.35 bits per heavy atom. The first kappa shape index (κ1) is 13.6. The van der Waals surface area contributed by atoms with Crippen LogP contribution in [-0.4, -0.2) is 14.4 Å². The molecule has 0 saturated heterocycles. The summed E-state index contributed by atoms with van der Waals surface area (Å²) in [5, 5.41) is 2.71. The molecule has 0 aliphatic carbocycles. The van der Waals surface area contributed by atoms with Crippen molar-refractivity contribution in [1.29, 1.82) is 0 Å². The number of hydrogen-bond acceptors (Lipinski definition) is 4. The van der Waals surface area contributed by atoms with E-state index in [-0.39, 0.29) is 0 Å². The lowest BCUT2D eigenvalue weighted by Crippen LogP contribution is -1.97. The lowest BCUT2D eigenvalue weighted by atomic mass is 10.2. The highest BCUT2D eigenvalue weighted by molar-refractivity contribution is 9.08. The molecule has 104 valence electrons. The molecule has 0 atom stereocenters. The highest BCUT2D eigenvalue weighted by Gasteiger charge is 2.15. The molecular weight excluding hydrogens is 338 g/mol. The van der Waals surface area contributed by atoms with Crippen LogP contribution in [-0.2, 0) is 11.8 Å². The molecule has 0 N–H and O–H groups in total. The van der Waals surface area contributed by atoms with Crippen LogP contribution in [0.25, 0.3) is 4.96 Å². The summed E-state index contributed by atoms with van der Waals surface area (Å²) < 4.78 is 8.05. The van der Waals surface area contributed by atoms with Gasteiger partial charge in [-0.15, -0.1) is 11.3 Å². The Morgan fingerprint density at radius 2 is 2.20 bits per heavy atom. The van der Waals surface area contributed by atoms with Crippen molar-refractivity contribution in [3.8, 4) is 11.6 Å². The van der Waals surface area contributed by atoms with Crippen molar-refractivity contribution in [2.24, 2.45) is 0 Å². The molecule has 20 heavy (non-hydrogen) atoms. The van der Waals surface area contributed by atoms with Gasteiger partial charge in [-0.3, -0.25) is 9.38 Å². The highest BCUT2D eigenvalue weighted by atomic mass is 79.9. The minimum absolute atomic E-state index is 0.647. The molecule has 0 aliphatic rings. The number of thiazole rings is 1. The van der Waals surface area contributed by atoms with E-state index in [0.29, 0.717) is 11.2 Å². The van der Waals surface area contributed by atoms with E-state index in [1.54, 1.807) is 11.3 Å². The normalized spacial score (nSPS) is 11.2. The third-order valence-corrected chi connectivity index (χ3v) is 4.35. The minimum atomic E-state index is 0.647. The predicted octanol–water partition coefficient (Wildman–Crippen LogP) is 4.35. The van der Waals surface area contributed by atoms with Crippen LogP contribution >= 0.6 is 27.3 Å². The van der Waals surface area contributed by atoms with E-state index in [1.165, 1.54) is 0 Å². The lowest BCUT2D eigenvalue weighted by molar-refractivity contribution is 0.453. The van der Waals surface area contributed by atoms with E-state index < -0.39 is 0 Å². The Bertz CT molecular complexity index is 750. The number of rotatable bonds is 4. The number of aromatic nitrogens is 3. The molecular formula is C14H14BrN3OS. The van der Waals surface area contributed by atoms with Crippen LogP contribution in [0.5, 0.6) is 11.6 Å². The Labute approximate surface area is 129 Å². The van der Waals surface area contributed by atoms with Gasteiger partial charge in [-0.1, -0.05) is 22.9 Å². The standard InChI is InChI=1S/C14H14BrN3OS/c1-3-10-12(5-4-9(2)16-10)19-13-11(8-15)18-6-7-20-14(18)17-13/h4-7H,3,8H2,1-2H3. The van der Waals surface area contributed by atoms with E-state index in [0.717, 1.165) is 34.2 Å². The van der Waals surface area contributed by atoms with Gasteiger partial charge in [-0.2, -0.15) is 4.98 Å². The molecule has 3 aromatic rings. The summed E-state index contributed by atoms with van der Waals surface area (Å²) in [6.45, 7) is 4.06. The van der Waals surface area contributed by atoms with E-state index in [9.17, 15) is 0 Å². The molecule has 0 radical (unpaired) electrons. The van der Waals surface area contributed by atoms with Gasteiger partial charge in [0, 0.05) is 22.6 Å². The molecule has 0 aliphatic heterocycles. The van der Waals surface area contributed by atoms with Crippen molar-refractivity contribution < 1.29 is 4.74 Å². The third-order valence-electron chi connectivity index (χ3n) is 3.06. The molecule has 0 fully saturated rings. The van der Waals surface area contributed by atoms with Gasteiger partial charge in [0.1, 0.15) is 0 Å². The van der Waals surface area contributed by atoms with Gasteiger partial charge in [-0.25, -0.2) is 0 Å². The summed E-state index contributed by atoms with van der Waals surface area (Å²) in [7, 11) is 0. The van der Waals surface area contributed by atoms with E-state index in [1.807, 2.05) is 35.0 Å². The van der Waals surface area contributed by atoms with Crippen LogP contribution in [0.15, 0.2) is 23.7 Å². The maximum absolute atomic E-state index is 6.00. The van der Waals surface area contributed by atoms with Crippen LogP contribution in [0, 0.1) is 6.92 Å². The quantitative estimate of drug-likeness (QED) is 0.656. The number of imidazole rings is 1. The summed E-state index contributed by atoms with van der Waals surface area (Å²) in [5.41, 5.74) is 2.98. The van der Waals surface area contributed by atoms with E-state index in [4.69, 9.17) is 4.74 Å². The summed E-state index contributed by atoms with van der Waals surface area (Å²) in [6.07, 6.45) is 2.84. The van der Waals surface area contributed by atoms with Gasteiger partial charge in [0.05, 0.1) is 11.4 Å². The first-order valence-electron chi connectivity index (χ1n) is 6.37. The number of pyridine rings is 1. The van der Waals surface area contributed by atoms with Crippen molar-refractivity contribution >= 4 is 32.2 Å². The first-order valence-corrected chi connectivity index (χ1v) is 8.37. The molecule has 0 spiro atoms. The van der Waals surface area contributed by atoms with Gasteiger partial charge in [0.2, 0.25) is 5.88 Å². The number of fused-ring (bicyclic) bond motifs is 1. The topological polar surface area (TPSA) is 39.4 Å². The number of nitrogens with zero attached hydrogens (tertiary/aromatic N) is 3. The van der Waals surface area contributed by atoms with Crippen molar-refractivity contribution in [2.75, 3.05) is 0 Å². The van der Waals surface area contributed by atoms with Crippen LogP contribution in [0.1, 0.15) is 24.0 Å². The fourth-order valence-corrected chi connectivity index (χ4v) is 3.30. The number of hydrogen-bond donors (Lipinski definition) is 0. The SMILES string of the molecule is CCc1nc(C)ccc1Oc1nc2sccn2c1CBr.